The summed E-state index contributed by atoms with van der Waals surface area (Å²) in [7, 11) is 1.40. The molecule has 0 heterocycles. The quantitative estimate of drug-likeness (QED) is 0.828. The molecule has 0 radical (unpaired) electrons. The van der Waals surface area contributed by atoms with E-state index < -0.39 is 0 Å². The van der Waals surface area contributed by atoms with Crippen molar-refractivity contribution in [3.8, 4) is 0 Å². The average molecular weight is 247 g/mol. The molecule has 0 aromatic heterocycles. The standard InChI is InChI=1S/C15H21NO2/c1-18-15(17)10-14(16)9-11-6-7-12-4-2-3-5-13(12)8-11/h6-8,14H,2-5,9-10,16H2,1H3. The average Bonchev–Trinajstić information content (AvgIpc) is 2.38. The third kappa shape index (κ3) is 3.33. The van der Waals surface area contributed by atoms with Crippen LogP contribution in [0.1, 0.15) is 36.0 Å². The van der Waals surface area contributed by atoms with Crippen molar-refractivity contribution in [3.63, 3.8) is 0 Å². The Morgan fingerprint density at radius 1 is 1.33 bits per heavy atom. The Labute approximate surface area is 108 Å². The highest BCUT2D eigenvalue weighted by atomic mass is 16.5. The number of aryl methyl sites for hydroxylation is 2. The van der Waals surface area contributed by atoms with Gasteiger partial charge < -0.3 is 10.5 Å². The van der Waals surface area contributed by atoms with E-state index in [4.69, 9.17) is 5.73 Å². The number of ether oxygens (including phenoxy) is 1. The summed E-state index contributed by atoms with van der Waals surface area (Å²) in [5.41, 5.74) is 10.1. The molecule has 98 valence electrons. The normalized spacial score (nSPS) is 15.9. The topological polar surface area (TPSA) is 52.3 Å². The number of rotatable bonds is 4. The Morgan fingerprint density at radius 2 is 2.06 bits per heavy atom. The molecular formula is C15H21NO2. The van der Waals surface area contributed by atoms with Gasteiger partial charge >= 0.3 is 5.97 Å². The maximum absolute atomic E-state index is 11.1. The van der Waals surface area contributed by atoms with Crippen LogP contribution in [0.5, 0.6) is 0 Å². The lowest BCUT2D eigenvalue weighted by Crippen LogP contribution is -2.26. The second-order valence-electron chi connectivity index (χ2n) is 5.05. The second kappa shape index (κ2) is 6.01. The SMILES string of the molecule is COC(=O)CC(N)Cc1ccc2c(c1)CCCC2. The van der Waals surface area contributed by atoms with E-state index in [0.29, 0.717) is 0 Å². The summed E-state index contributed by atoms with van der Waals surface area (Å²) in [5, 5.41) is 0. The summed E-state index contributed by atoms with van der Waals surface area (Å²) in [5.74, 6) is -0.236. The lowest BCUT2D eigenvalue weighted by molar-refractivity contribution is -0.140. The van der Waals surface area contributed by atoms with Crippen molar-refractivity contribution in [2.45, 2.75) is 44.6 Å². The second-order valence-corrected chi connectivity index (χ2v) is 5.05. The Morgan fingerprint density at radius 3 is 2.78 bits per heavy atom. The number of nitrogens with two attached hydrogens (primary N) is 1. The van der Waals surface area contributed by atoms with Crippen molar-refractivity contribution in [2.24, 2.45) is 5.73 Å². The molecule has 0 saturated heterocycles. The number of carbonyl (C=O) groups excluding carboxylic acids is 1. The van der Waals surface area contributed by atoms with E-state index in [0.717, 1.165) is 6.42 Å². The van der Waals surface area contributed by atoms with E-state index in [-0.39, 0.29) is 18.4 Å². The van der Waals surface area contributed by atoms with Gasteiger partial charge in [-0.2, -0.15) is 0 Å². The third-order valence-corrected chi connectivity index (χ3v) is 3.57. The summed E-state index contributed by atoms with van der Waals surface area (Å²) in [6, 6.07) is 6.46. The molecule has 0 aliphatic heterocycles. The number of hydrogen-bond donors (Lipinski definition) is 1. The first kappa shape index (κ1) is 13.1. The molecule has 3 nitrogen and oxygen atoms in total. The molecule has 0 bridgehead atoms. The molecule has 1 aliphatic rings. The molecule has 2 rings (SSSR count). The maximum Gasteiger partial charge on any atom is 0.307 e. The molecule has 1 aromatic rings. The molecule has 0 spiro atoms. The van der Waals surface area contributed by atoms with E-state index in [2.05, 4.69) is 22.9 Å². The van der Waals surface area contributed by atoms with Crippen LogP contribution < -0.4 is 5.73 Å². The van der Waals surface area contributed by atoms with Crippen molar-refractivity contribution >= 4 is 5.97 Å². The van der Waals surface area contributed by atoms with Gasteiger partial charge in [0.25, 0.3) is 0 Å². The monoisotopic (exact) mass is 247 g/mol. The van der Waals surface area contributed by atoms with Gasteiger partial charge in [0.15, 0.2) is 0 Å². The summed E-state index contributed by atoms with van der Waals surface area (Å²) in [6.45, 7) is 0. The van der Waals surface area contributed by atoms with Gasteiger partial charge in [0.2, 0.25) is 0 Å². The smallest absolute Gasteiger partial charge is 0.307 e. The van der Waals surface area contributed by atoms with Crippen LogP contribution in [0.3, 0.4) is 0 Å². The molecule has 1 aromatic carbocycles. The molecule has 3 heteroatoms. The number of fused-ring (bicyclic) bond motifs is 1. The van der Waals surface area contributed by atoms with Gasteiger partial charge in [0.1, 0.15) is 0 Å². The van der Waals surface area contributed by atoms with E-state index in [9.17, 15) is 4.79 Å². The summed E-state index contributed by atoms with van der Waals surface area (Å²) >= 11 is 0. The Bertz CT molecular complexity index is 429. The summed E-state index contributed by atoms with van der Waals surface area (Å²) in [4.78, 5) is 11.1. The van der Waals surface area contributed by atoms with Crippen LogP contribution in [0.2, 0.25) is 0 Å². The van der Waals surface area contributed by atoms with Crippen LogP contribution in [0.4, 0.5) is 0 Å². The van der Waals surface area contributed by atoms with E-state index in [1.165, 1.54) is 49.5 Å². The minimum atomic E-state index is -0.236. The zero-order chi connectivity index (χ0) is 13.0. The van der Waals surface area contributed by atoms with E-state index in [1.807, 2.05) is 0 Å². The fourth-order valence-corrected chi connectivity index (χ4v) is 2.59. The van der Waals surface area contributed by atoms with Gasteiger partial charge in [-0.15, -0.1) is 0 Å². The van der Waals surface area contributed by atoms with Crippen LogP contribution in [0, 0.1) is 0 Å². The third-order valence-electron chi connectivity index (χ3n) is 3.57. The fraction of sp³-hybridized carbons (Fsp3) is 0.533. The molecule has 1 unspecified atom stereocenters. The Hall–Kier alpha value is -1.35. The number of benzene rings is 1. The zero-order valence-corrected chi connectivity index (χ0v) is 10.9. The number of esters is 1. The highest BCUT2D eigenvalue weighted by Crippen LogP contribution is 2.22. The molecule has 0 fully saturated rings. The van der Waals surface area contributed by atoms with Crippen LogP contribution in [0.15, 0.2) is 18.2 Å². The van der Waals surface area contributed by atoms with Gasteiger partial charge in [0.05, 0.1) is 13.5 Å². The highest BCUT2D eigenvalue weighted by molar-refractivity contribution is 5.69. The van der Waals surface area contributed by atoms with Crippen molar-refractivity contribution in [1.29, 1.82) is 0 Å². The predicted octanol–water partition coefficient (Wildman–Crippen LogP) is 2.00. The first-order chi connectivity index (χ1) is 8.69. The zero-order valence-electron chi connectivity index (χ0n) is 10.9. The lowest BCUT2D eigenvalue weighted by atomic mass is 9.89. The van der Waals surface area contributed by atoms with Crippen molar-refractivity contribution in [1.82, 2.24) is 0 Å². The van der Waals surface area contributed by atoms with Crippen molar-refractivity contribution < 1.29 is 9.53 Å². The largest absolute Gasteiger partial charge is 0.469 e. The number of hydrogen-bond acceptors (Lipinski definition) is 3. The Kier molecular flexibility index (Phi) is 4.37. The van der Waals surface area contributed by atoms with Gasteiger partial charge in [-0.25, -0.2) is 0 Å². The minimum Gasteiger partial charge on any atom is -0.469 e. The summed E-state index contributed by atoms with van der Waals surface area (Å²) < 4.78 is 4.63. The Balaban J connectivity index is 1.99. The van der Waals surface area contributed by atoms with Crippen LogP contribution >= 0.6 is 0 Å². The molecule has 18 heavy (non-hydrogen) atoms. The van der Waals surface area contributed by atoms with Crippen molar-refractivity contribution in [2.75, 3.05) is 7.11 Å². The molecule has 0 amide bonds. The predicted molar refractivity (Wildman–Crippen MR) is 71.4 cm³/mol. The van der Waals surface area contributed by atoms with Crippen LogP contribution in [-0.2, 0) is 28.8 Å². The van der Waals surface area contributed by atoms with Crippen LogP contribution in [0.25, 0.3) is 0 Å². The van der Waals surface area contributed by atoms with E-state index >= 15 is 0 Å². The number of carbonyl (C=O) groups is 1. The van der Waals surface area contributed by atoms with Gasteiger partial charge in [-0.1, -0.05) is 18.2 Å². The molecule has 2 N–H and O–H groups in total. The molecule has 1 atom stereocenters. The molecule has 1 aliphatic carbocycles. The lowest BCUT2D eigenvalue weighted by Gasteiger charge is -2.17. The first-order valence-corrected chi connectivity index (χ1v) is 6.62. The fourth-order valence-electron chi connectivity index (χ4n) is 2.59. The highest BCUT2D eigenvalue weighted by Gasteiger charge is 2.13. The van der Waals surface area contributed by atoms with E-state index in [1.54, 1.807) is 0 Å². The van der Waals surface area contributed by atoms with Gasteiger partial charge in [-0.05, 0) is 48.8 Å². The molecular weight excluding hydrogens is 226 g/mol. The summed E-state index contributed by atoms with van der Waals surface area (Å²) in [6.07, 6.45) is 5.98. The molecule has 0 saturated carbocycles. The number of methoxy groups -OCH3 is 1. The first-order valence-electron chi connectivity index (χ1n) is 6.62. The van der Waals surface area contributed by atoms with Gasteiger partial charge in [-0.3, -0.25) is 4.79 Å². The van der Waals surface area contributed by atoms with Crippen molar-refractivity contribution in [3.05, 3.63) is 34.9 Å². The minimum absolute atomic E-state index is 0.154. The van der Waals surface area contributed by atoms with Gasteiger partial charge in [0, 0.05) is 6.04 Å². The maximum atomic E-state index is 11.1. The van der Waals surface area contributed by atoms with Crippen LogP contribution in [-0.4, -0.2) is 19.1 Å².